The van der Waals surface area contributed by atoms with E-state index in [1.165, 1.54) is 6.08 Å². The third kappa shape index (κ3) is 5.51. The molecule has 3 rings (SSSR count). The number of rotatable bonds is 9. The smallest absolute Gasteiger partial charge is 0.248 e. The number of ether oxygens (including phenoxy) is 3. The topological polar surface area (TPSA) is 94.8 Å². The van der Waals surface area contributed by atoms with Gasteiger partial charge in [-0.2, -0.15) is 0 Å². The first-order chi connectivity index (χ1) is 15.5. The number of hydrogen-bond acceptors (Lipinski definition) is 6. The molecule has 0 spiro atoms. The predicted molar refractivity (Wildman–Crippen MR) is 128 cm³/mol. The van der Waals surface area contributed by atoms with Crippen molar-refractivity contribution in [3.05, 3.63) is 77.9 Å². The van der Waals surface area contributed by atoms with Gasteiger partial charge < -0.3 is 30.6 Å². The van der Waals surface area contributed by atoms with Gasteiger partial charge in [0.2, 0.25) is 11.7 Å². The van der Waals surface area contributed by atoms with Crippen molar-refractivity contribution in [2.75, 3.05) is 37.7 Å². The highest BCUT2D eigenvalue weighted by Crippen LogP contribution is 2.42. The average Bonchev–Trinajstić information content (AvgIpc) is 2.82. The van der Waals surface area contributed by atoms with E-state index in [1.54, 1.807) is 39.5 Å². The van der Waals surface area contributed by atoms with E-state index in [-0.39, 0.29) is 5.91 Å². The van der Waals surface area contributed by atoms with Gasteiger partial charge in [0.05, 0.1) is 38.4 Å². The number of methoxy groups -OCH3 is 3. The van der Waals surface area contributed by atoms with Crippen LogP contribution in [0.2, 0.25) is 0 Å². The number of nitrogens with two attached hydrogens (primary N) is 1. The van der Waals surface area contributed by atoms with Crippen LogP contribution in [0.1, 0.15) is 11.1 Å². The Bertz CT molecular complexity index is 1090. The van der Waals surface area contributed by atoms with Crippen molar-refractivity contribution in [1.82, 2.24) is 0 Å². The minimum absolute atomic E-state index is 0.241. The van der Waals surface area contributed by atoms with Crippen LogP contribution in [0, 0.1) is 0 Å². The van der Waals surface area contributed by atoms with Crippen LogP contribution in [0.5, 0.6) is 17.2 Å². The summed E-state index contributed by atoms with van der Waals surface area (Å²) in [6.07, 6.45) is 3.23. The van der Waals surface area contributed by atoms with Crippen LogP contribution in [0.25, 0.3) is 6.08 Å². The van der Waals surface area contributed by atoms with Crippen molar-refractivity contribution in [3.63, 3.8) is 0 Å². The van der Waals surface area contributed by atoms with Crippen LogP contribution in [0.3, 0.4) is 0 Å². The van der Waals surface area contributed by atoms with Gasteiger partial charge in [0.25, 0.3) is 0 Å². The number of amides is 1. The van der Waals surface area contributed by atoms with E-state index in [2.05, 4.69) is 10.6 Å². The van der Waals surface area contributed by atoms with E-state index in [9.17, 15) is 4.79 Å². The monoisotopic (exact) mass is 433 g/mol. The lowest BCUT2D eigenvalue weighted by Crippen LogP contribution is -2.09. The molecule has 7 nitrogen and oxygen atoms in total. The fourth-order valence-corrected chi connectivity index (χ4v) is 3.14. The van der Waals surface area contributed by atoms with E-state index in [0.717, 1.165) is 16.8 Å². The van der Waals surface area contributed by atoms with E-state index in [1.807, 2.05) is 48.5 Å². The van der Waals surface area contributed by atoms with Crippen LogP contribution in [-0.2, 0) is 11.3 Å². The molecular weight excluding hydrogens is 406 g/mol. The van der Waals surface area contributed by atoms with Crippen LogP contribution >= 0.6 is 0 Å². The molecule has 0 fully saturated rings. The fraction of sp³-hybridized carbons (Fsp3) is 0.160. The minimum Gasteiger partial charge on any atom is -0.493 e. The van der Waals surface area contributed by atoms with Crippen molar-refractivity contribution in [2.45, 2.75) is 6.54 Å². The van der Waals surface area contributed by atoms with E-state index in [0.29, 0.717) is 35.2 Å². The van der Waals surface area contributed by atoms with Crippen molar-refractivity contribution in [2.24, 2.45) is 0 Å². The average molecular weight is 434 g/mol. The van der Waals surface area contributed by atoms with Gasteiger partial charge >= 0.3 is 0 Å². The molecule has 0 bridgehead atoms. The number of benzene rings is 3. The highest BCUT2D eigenvalue weighted by atomic mass is 16.5. The van der Waals surface area contributed by atoms with Gasteiger partial charge in [0.15, 0.2) is 11.5 Å². The van der Waals surface area contributed by atoms with Gasteiger partial charge in [-0.05, 0) is 41.5 Å². The van der Waals surface area contributed by atoms with Crippen LogP contribution in [0.4, 0.5) is 17.1 Å². The summed E-state index contributed by atoms with van der Waals surface area (Å²) in [5.41, 5.74) is 9.74. The van der Waals surface area contributed by atoms with Crippen LogP contribution in [0.15, 0.2) is 66.7 Å². The predicted octanol–water partition coefficient (Wildman–Crippen LogP) is 4.56. The van der Waals surface area contributed by atoms with Crippen LogP contribution < -0.4 is 30.6 Å². The Balaban J connectivity index is 1.61. The lowest BCUT2D eigenvalue weighted by Gasteiger charge is -2.16. The number of para-hydroxylation sites is 2. The summed E-state index contributed by atoms with van der Waals surface area (Å²) in [5.74, 6) is 1.48. The largest absolute Gasteiger partial charge is 0.493 e. The molecule has 0 atom stereocenters. The summed E-state index contributed by atoms with van der Waals surface area (Å²) in [4.78, 5) is 12.1. The SMILES string of the molecule is COc1ccc(NCc2ccc(/C=C\C(=O)Nc3ccccc3N)cc2)c(OC)c1OC. The number of nitrogens with one attached hydrogen (secondary N) is 2. The Hall–Kier alpha value is -4.13. The molecule has 0 unspecified atom stereocenters. The molecule has 3 aromatic carbocycles. The summed E-state index contributed by atoms with van der Waals surface area (Å²) >= 11 is 0. The normalized spacial score (nSPS) is 10.6. The molecule has 7 heteroatoms. The van der Waals surface area contributed by atoms with E-state index < -0.39 is 0 Å². The third-order valence-electron chi connectivity index (χ3n) is 4.81. The number of carbonyl (C=O) groups is 1. The van der Waals surface area contributed by atoms with E-state index >= 15 is 0 Å². The molecule has 0 aromatic heterocycles. The molecule has 1 amide bonds. The lowest BCUT2D eigenvalue weighted by molar-refractivity contribution is -0.111. The second-order valence-electron chi connectivity index (χ2n) is 6.89. The molecule has 0 aliphatic rings. The zero-order valence-electron chi connectivity index (χ0n) is 18.3. The van der Waals surface area contributed by atoms with Crippen molar-refractivity contribution in [1.29, 1.82) is 0 Å². The van der Waals surface area contributed by atoms with E-state index in [4.69, 9.17) is 19.9 Å². The summed E-state index contributed by atoms with van der Waals surface area (Å²) in [7, 11) is 4.75. The zero-order valence-corrected chi connectivity index (χ0v) is 18.3. The Labute approximate surface area is 187 Å². The third-order valence-corrected chi connectivity index (χ3v) is 4.81. The second kappa shape index (κ2) is 10.8. The van der Waals surface area contributed by atoms with Gasteiger partial charge in [0.1, 0.15) is 0 Å². The standard InChI is InChI=1S/C25H27N3O4/c1-30-22-14-13-21(24(31-2)25(22)32-3)27-16-18-10-8-17(9-11-18)12-15-23(29)28-20-7-5-4-6-19(20)26/h4-15,27H,16,26H2,1-3H3,(H,28,29)/b15-12-. The zero-order chi connectivity index (χ0) is 22.9. The van der Waals surface area contributed by atoms with Crippen molar-refractivity contribution >= 4 is 29.0 Å². The quantitative estimate of drug-likeness (QED) is 0.338. The molecule has 4 N–H and O–H groups in total. The highest BCUT2D eigenvalue weighted by molar-refractivity contribution is 6.03. The molecule has 0 saturated carbocycles. The van der Waals surface area contributed by atoms with Gasteiger partial charge in [-0.25, -0.2) is 0 Å². The van der Waals surface area contributed by atoms with Crippen molar-refractivity contribution in [3.8, 4) is 17.2 Å². The minimum atomic E-state index is -0.241. The molecule has 0 radical (unpaired) electrons. The Kier molecular flexibility index (Phi) is 7.59. The fourth-order valence-electron chi connectivity index (χ4n) is 3.14. The molecule has 3 aromatic rings. The first-order valence-electron chi connectivity index (χ1n) is 10.0. The lowest BCUT2D eigenvalue weighted by atomic mass is 10.1. The summed E-state index contributed by atoms with van der Waals surface area (Å²) in [6, 6.07) is 18.7. The molecule has 0 heterocycles. The van der Waals surface area contributed by atoms with Crippen molar-refractivity contribution < 1.29 is 19.0 Å². The Morgan fingerprint density at radius 2 is 1.59 bits per heavy atom. The highest BCUT2D eigenvalue weighted by Gasteiger charge is 2.15. The number of anilines is 3. The molecule has 0 saturated heterocycles. The van der Waals surface area contributed by atoms with Gasteiger partial charge in [-0.15, -0.1) is 0 Å². The molecule has 0 aliphatic carbocycles. The number of hydrogen-bond donors (Lipinski definition) is 3. The first-order valence-corrected chi connectivity index (χ1v) is 10.0. The maximum atomic E-state index is 12.1. The van der Waals surface area contributed by atoms with Gasteiger partial charge in [0, 0.05) is 12.6 Å². The first kappa shape index (κ1) is 22.6. The summed E-state index contributed by atoms with van der Waals surface area (Å²) < 4.78 is 16.2. The van der Waals surface area contributed by atoms with Gasteiger partial charge in [-0.3, -0.25) is 4.79 Å². The number of nitrogen functional groups attached to an aromatic ring is 1. The Morgan fingerprint density at radius 3 is 2.25 bits per heavy atom. The second-order valence-corrected chi connectivity index (χ2v) is 6.89. The molecular formula is C25H27N3O4. The summed E-state index contributed by atoms with van der Waals surface area (Å²) in [5, 5.41) is 6.12. The maximum Gasteiger partial charge on any atom is 0.248 e. The Morgan fingerprint density at radius 1 is 0.875 bits per heavy atom. The summed E-state index contributed by atoms with van der Waals surface area (Å²) in [6.45, 7) is 0.587. The molecule has 166 valence electrons. The molecule has 0 aliphatic heterocycles. The van der Waals surface area contributed by atoms with Gasteiger partial charge in [-0.1, -0.05) is 36.4 Å². The molecule has 32 heavy (non-hydrogen) atoms. The number of carbonyl (C=O) groups excluding carboxylic acids is 1. The van der Waals surface area contributed by atoms with Crippen LogP contribution in [-0.4, -0.2) is 27.2 Å². The maximum absolute atomic E-state index is 12.1.